The first-order chi connectivity index (χ1) is 13.7. The SMILES string of the molecule is Nc1nc(OCc2ccc(CNC(=O)C(N)CS(=O)(=O)O)cc2)c2nc[nH]c2n1. The van der Waals surface area contributed by atoms with Crippen LogP contribution >= 0.6 is 0 Å². The summed E-state index contributed by atoms with van der Waals surface area (Å²) in [4.78, 5) is 26.8. The first kappa shape index (κ1) is 20.4. The molecule has 13 heteroatoms. The number of carbonyl (C=O) groups is 1. The number of nitrogens with zero attached hydrogens (tertiary/aromatic N) is 3. The Kier molecular flexibility index (Phi) is 5.91. The van der Waals surface area contributed by atoms with Crippen LogP contribution in [0.25, 0.3) is 11.2 Å². The number of aromatic amines is 1. The van der Waals surface area contributed by atoms with Gasteiger partial charge in [0.25, 0.3) is 10.1 Å². The normalized spacial score (nSPS) is 12.6. The van der Waals surface area contributed by atoms with E-state index in [4.69, 9.17) is 20.8 Å². The minimum absolute atomic E-state index is 0.0649. The average Bonchev–Trinajstić information content (AvgIpc) is 3.12. The maximum absolute atomic E-state index is 11.8. The number of aromatic nitrogens is 4. The molecule has 3 rings (SSSR count). The van der Waals surface area contributed by atoms with Gasteiger partial charge < -0.3 is 26.5 Å². The number of ether oxygens (including phenoxy) is 1. The quantitative estimate of drug-likeness (QED) is 0.291. The van der Waals surface area contributed by atoms with E-state index in [1.165, 1.54) is 6.33 Å². The topological polar surface area (TPSA) is 199 Å². The molecule has 154 valence electrons. The van der Waals surface area contributed by atoms with Crippen LogP contribution in [0.4, 0.5) is 5.95 Å². The molecule has 0 aliphatic heterocycles. The number of nitrogens with two attached hydrogens (primary N) is 2. The summed E-state index contributed by atoms with van der Waals surface area (Å²) in [5, 5.41) is 2.51. The maximum atomic E-state index is 11.8. The van der Waals surface area contributed by atoms with Crippen LogP contribution in [0, 0.1) is 0 Å². The third kappa shape index (κ3) is 5.60. The number of anilines is 1. The van der Waals surface area contributed by atoms with Crippen LogP contribution in [0.5, 0.6) is 5.88 Å². The van der Waals surface area contributed by atoms with Crippen molar-refractivity contribution in [2.75, 3.05) is 11.5 Å². The summed E-state index contributed by atoms with van der Waals surface area (Å²) in [6.07, 6.45) is 1.47. The van der Waals surface area contributed by atoms with Crippen molar-refractivity contribution in [3.8, 4) is 5.88 Å². The standard InChI is InChI=1S/C16H19N7O5S/c17-11(7-29(25,26)27)14(24)19-5-9-1-3-10(4-2-9)6-28-15-12-13(21-8-20-12)22-16(18)23-15/h1-4,8,11H,5-7,17H2,(H,19,24)(H,25,26,27)(H3,18,20,21,22,23). The van der Waals surface area contributed by atoms with Crippen molar-refractivity contribution < 1.29 is 22.5 Å². The van der Waals surface area contributed by atoms with E-state index in [2.05, 4.69) is 25.3 Å². The van der Waals surface area contributed by atoms with E-state index in [9.17, 15) is 13.2 Å². The number of H-pyrrole nitrogens is 1. The summed E-state index contributed by atoms with van der Waals surface area (Å²) >= 11 is 0. The summed E-state index contributed by atoms with van der Waals surface area (Å²) in [6, 6.07) is 5.78. The third-order valence-corrected chi connectivity index (χ3v) is 4.64. The van der Waals surface area contributed by atoms with Crippen molar-refractivity contribution in [1.29, 1.82) is 0 Å². The first-order valence-corrected chi connectivity index (χ1v) is 9.98. The van der Waals surface area contributed by atoms with Crippen molar-refractivity contribution >= 4 is 33.1 Å². The number of carbonyl (C=O) groups excluding carboxylic acids is 1. The number of imidazole rings is 1. The van der Waals surface area contributed by atoms with Gasteiger partial charge in [-0.2, -0.15) is 18.4 Å². The number of rotatable bonds is 8. The Labute approximate surface area is 165 Å². The Balaban J connectivity index is 1.55. The third-order valence-electron chi connectivity index (χ3n) is 3.86. The van der Waals surface area contributed by atoms with Crippen LogP contribution in [0.1, 0.15) is 11.1 Å². The van der Waals surface area contributed by atoms with Gasteiger partial charge >= 0.3 is 0 Å². The molecule has 0 radical (unpaired) electrons. The van der Waals surface area contributed by atoms with Gasteiger partial charge in [0, 0.05) is 6.54 Å². The molecule has 0 saturated heterocycles. The second-order valence-electron chi connectivity index (χ2n) is 6.16. The van der Waals surface area contributed by atoms with E-state index >= 15 is 0 Å². The van der Waals surface area contributed by atoms with E-state index in [0.717, 1.165) is 11.1 Å². The highest BCUT2D eigenvalue weighted by molar-refractivity contribution is 7.85. The highest BCUT2D eigenvalue weighted by Crippen LogP contribution is 2.20. The van der Waals surface area contributed by atoms with Crippen molar-refractivity contribution in [2.45, 2.75) is 19.2 Å². The monoisotopic (exact) mass is 421 g/mol. The van der Waals surface area contributed by atoms with Gasteiger partial charge in [0.2, 0.25) is 17.7 Å². The highest BCUT2D eigenvalue weighted by Gasteiger charge is 2.19. The van der Waals surface area contributed by atoms with Gasteiger partial charge in [-0.15, -0.1) is 0 Å². The lowest BCUT2D eigenvalue weighted by Crippen LogP contribution is -2.44. The van der Waals surface area contributed by atoms with E-state index in [1.54, 1.807) is 24.3 Å². The summed E-state index contributed by atoms with van der Waals surface area (Å²) in [6.45, 7) is 0.361. The second kappa shape index (κ2) is 8.38. The number of nitrogen functional groups attached to an aromatic ring is 1. The summed E-state index contributed by atoms with van der Waals surface area (Å²) in [5.41, 5.74) is 13.6. The van der Waals surface area contributed by atoms with Crippen LogP contribution in [-0.4, -0.2) is 50.6 Å². The van der Waals surface area contributed by atoms with Gasteiger partial charge in [-0.25, -0.2) is 4.98 Å². The van der Waals surface area contributed by atoms with Crippen molar-refractivity contribution in [1.82, 2.24) is 25.3 Å². The predicted molar refractivity (Wildman–Crippen MR) is 103 cm³/mol. The Hall–Kier alpha value is -3.29. The Morgan fingerprint density at radius 1 is 1.24 bits per heavy atom. The predicted octanol–water partition coefficient (Wildman–Crippen LogP) is -0.655. The van der Waals surface area contributed by atoms with Gasteiger partial charge in [-0.3, -0.25) is 9.35 Å². The van der Waals surface area contributed by atoms with Gasteiger partial charge in [-0.05, 0) is 11.1 Å². The van der Waals surface area contributed by atoms with E-state index in [1.807, 2.05) is 0 Å². The minimum Gasteiger partial charge on any atom is -0.471 e. The van der Waals surface area contributed by atoms with Crippen LogP contribution in [0.2, 0.25) is 0 Å². The fourth-order valence-electron chi connectivity index (χ4n) is 2.45. The molecule has 12 nitrogen and oxygen atoms in total. The van der Waals surface area contributed by atoms with Crippen molar-refractivity contribution in [3.05, 3.63) is 41.7 Å². The fourth-order valence-corrected chi connectivity index (χ4v) is 3.06. The van der Waals surface area contributed by atoms with Gasteiger partial charge in [0.1, 0.15) is 12.6 Å². The summed E-state index contributed by atoms with van der Waals surface area (Å²) in [7, 11) is -4.32. The fraction of sp³-hybridized carbons (Fsp3) is 0.250. The number of hydrogen-bond acceptors (Lipinski definition) is 9. The van der Waals surface area contributed by atoms with E-state index < -0.39 is 27.8 Å². The molecule has 7 N–H and O–H groups in total. The Morgan fingerprint density at radius 2 is 1.93 bits per heavy atom. The van der Waals surface area contributed by atoms with Gasteiger partial charge in [0.05, 0.1) is 12.1 Å². The molecule has 0 bridgehead atoms. The zero-order valence-corrected chi connectivity index (χ0v) is 15.9. The number of fused-ring (bicyclic) bond motifs is 1. The lowest BCUT2D eigenvalue weighted by molar-refractivity contribution is -0.122. The molecule has 1 atom stereocenters. The molecule has 3 aromatic rings. The van der Waals surface area contributed by atoms with Gasteiger partial charge in [-0.1, -0.05) is 24.3 Å². The molecule has 1 unspecified atom stereocenters. The molecule has 0 saturated carbocycles. The molecule has 0 aliphatic rings. The number of hydrogen-bond donors (Lipinski definition) is 5. The van der Waals surface area contributed by atoms with Gasteiger partial charge in [0.15, 0.2) is 11.2 Å². The molecule has 2 aromatic heterocycles. The first-order valence-electron chi connectivity index (χ1n) is 8.37. The molecule has 2 heterocycles. The molecule has 0 fully saturated rings. The lowest BCUT2D eigenvalue weighted by atomic mass is 10.1. The number of nitrogens with one attached hydrogen (secondary N) is 2. The molecule has 1 amide bonds. The zero-order chi connectivity index (χ0) is 21.0. The Bertz CT molecular complexity index is 1110. The second-order valence-corrected chi connectivity index (χ2v) is 7.66. The molecular weight excluding hydrogens is 402 g/mol. The lowest BCUT2D eigenvalue weighted by Gasteiger charge is -2.11. The van der Waals surface area contributed by atoms with Crippen molar-refractivity contribution in [3.63, 3.8) is 0 Å². The van der Waals surface area contributed by atoms with Crippen LogP contribution in [-0.2, 0) is 28.1 Å². The molecule has 0 aliphatic carbocycles. The zero-order valence-electron chi connectivity index (χ0n) is 15.1. The number of benzene rings is 1. The van der Waals surface area contributed by atoms with Crippen LogP contribution < -0.4 is 21.5 Å². The van der Waals surface area contributed by atoms with Crippen LogP contribution in [0.3, 0.4) is 0 Å². The van der Waals surface area contributed by atoms with E-state index in [-0.39, 0.29) is 25.0 Å². The molecule has 1 aromatic carbocycles. The number of amides is 1. The maximum Gasteiger partial charge on any atom is 0.266 e. The summed E-state index contributed by atoms with van der Waals surface area (Å²) in [5.74, 6) is -1.20. The minimum atomic E-state index is -4.32. The largest absolute Gasteiger partial charge is 0.471 e. The Morgan fingerprint density at radius 3 is 2.62 bits per heavy atom. The smallest absolute Gasteiger partial charge is 0.266 e. The highest BCUT2D eigenvalue weighted by atomic mass is 32.2. The van der Waals surface area contributed by atoms with Crippen molar-refractivity contribution in [2.24, 2.45) is 5.73 Å². The van der Waals surface area contributed by atoms with E-state index in [0.29, 0.717) is 11.2 Å². The average molecular weight is 421 g/mol. The molecular formula is C16H19N7O5S. The van der Waals surface area contributed by atoms with Crippen LogP contribution in [0.15, 0.2) is 30.6 Å². The molecule has 29 heavy (non-hydrogen) atoms. The summed E-state index contributed by atoms with van der Waals surface area (Å²) < 4.78 is 35.9. The molecule has 0 spiro atoms.